The smallest absolute Gasteiger partial charge is 0.305 e. The Labute approximate surface area is 85.7 Å². The summed E-state index contributed by atoms with van der Waals surface area (Å²) in [6.07, 6.45) is -0.0457. The van der Waals surface area contributed by atoms with Crippen LogP contribution in [0.1, 0.15) is 6.42 Å². The van der Waals surface area contributed by atoms with Gasteiger partial charge in [-0.15, -0.1) is 0 Å². The van der Waals surface area contributed by atoms with Crippen molar-refractivity contribution in [1.82, 2.24) is 0 Å². The first-order chi connectivity index (χ1) is 7.16. The number of carboxylic acids is 1. The maximum atomic E-state index is 13.2. The van der Waals surface area contributed by atoms with Crippen molar-refractivity contribution in [3.8, 4) is 5.75 Å². The number of carbonyl (C=O) groups is 1. The van der Waals surface area contributed by atoms with Crippen LogP contribution in [-0.2, 0) is 4.79 Å². The highest BCUT2D eigenvalue weighted by molar-refractivity contribution is 5.69. The van der Waals surface area contributed by atoms with Crippen molar-refractivity contribution >= 4 is 11.7 Å². The molecule has 2 N–H and O–H groups in total. The normalized spacial score (nSPS) is 18.6. The summed E-state index contributed by atoms with van der Waals surface area (Å²) in [5.74, 6) is -1.18. The van der Waals surface area contributed by atoms with Crippen LogP contribution in [0.3, 0.4) is 0 Å². The third-order valence-corrected chi connectivity index (χ3v) is 2.18. The van der Waals surface area contributed by atoms with Crippen LogP contribution in [-0.4, -0.2) is 23.7 Å². The molecule has 4 nitrogen and oxygen atoms in total. The monoisotopic (exact) mass is 211 g/mol. The Morgan fingerprint density at radius 3 is 3.20 bits per heavy atom. The standard InChI is InChI=1S/C10H10FNO3/c11-7-2-1-3-8-10(7)15-5-6(12-8)4-9(13)14/h1-3,6,12H,4-5H2,(H,13,14). The second-order valence-electron chi connectivity index (χ2n) is 3.37. The minimum absolute atomic E-state index is 0.0457. The predicted molar refractivity (Wildman–Crippen MR) is 51.6 cm³/mol. The average molecular weight is 211 g/mol. The molecule has 0 bridgehead atoms. The van der Waals surface area contributed by atoms with Gasteiger partial charge in [-0.25, -0.2) is 4.39 Å². The molecule has 0 radical (unpaired) electrons. The number of carboxylic acid groups (broad SMARTS) is 1. The quantitative estimate of drug-likeness (QED) is 0.777. The lowest BCUT2D eigenvalue weighted by molar-refractivity contribution is -0.137. The summed E-state index contributed by atoms with van der Waals surface area (Å²) in [6.45, 7) is 0.167. The number of ether oxygens (including phenoxy) is 1. The van der Waals surface area contributed by atoms with Crippen LogP contribution in [0.5, 0.6) is 5.75 Å². The van der Waals surface area contributed by atoms with Crippen LogP contribution in [0.4, 0.5) is 10.1 Å². The van der Waals surface area contributed by atoms with E-state index in [1.807, 2.05) is 0 Å². The fourth-order valence-corrected chi connectivity index (χ4v) is 1.54. The van der Waals surface area contributed by atoms with Crippen LogP contribution < -0.4 is 10.1 Å². The summed E-state index contributed by atoms with van der Waals surface area (Å²) in [5.41, 5.74) is 0.507. The Morgan fingerprint density at radius 2 is 2.47 bits per heavy atom. The van der Waals surface area contributed by atoms with Gasteiger partial charge in [-0.3, -0.25) is 4.79 Å². The highest BCUT2D eigenvalue weighted by Crippen LogP contribution is 2.31. The van der Waals surface area contributed by atoms with Crippen LogP contribution in [0.15, 0.2) is 18.2 Å². The molecule has 0 spiro atoms. The van der Waals surface area contributed by atoms with Gasteiger partial charge in [0.25, 0.3) is 0 Å². The third kappa shape index (κ3) is 2.01. The fraction of sp³-hybridized carbons (Fsp3) is 0.300. The summed E-state index contributed by atoms with van der Waals surface area (Å²) >= 11 is 0. The highest BCUT2D eigenvalue weighted by Gasteiger charge is 2.22. The maximum absolute atomic E-state index is 13.2. The van der Waals surface area contributed by atoms with E-state index in [0.717, 1.165) is 0 Å². The van der Waals surface area contributed by atoms with E-state index < -0.39 is 11.8 Å². The molecule has 1 aromatic rings. The molecule has 0 fully saturated rings. The summed E-state index contributed by atoms with van der Waals surface area (Å²) in [6, 6.07) is 4.20. The number of halogens is 1. The highest BCUT2D eigenvalue weighted by atomic mass is 19.1. The van der Waals surface area contributed by atoms with Crippen LogP contribution in [0.2, 0.25) is 0 Å². The lowest BCUT2D eigenvalue weighted by atomic mass is 10.1. The van der Waals surface area contributed by atoms with E-state index in [2.05, 4.69) is 5.32 Å². The Balaban J connectivity index is 2.17. The zero-order chi connectivity index (χ0) is 10.8. The fourth-order valence-electron chi connectivity index (χ4n) is 1.54. The van der Waals surface area contributed by atoms with Crippen molar-refractivity contribution in [1.29, 1.82) is 0 Å². The maximum Gasteiger partial charge on any atom is 0.305 e. The number of hydrogen-bond donors (Lipinski definition) is 2. The van der Waals surface area contributed by atoms with Crippen molar-refractivity contribution in [2.45, 2.75) is 12.5 Å². The van der Waals surface area contributed by atoms with Crippen molar-refractivity contribution < 1.29 is 19.0 Å². The Morgan fingerprint density at radius 1 is 1.67 bits per heavy atom. The van der Waals surface area contributed by atoms with Crippen molar-refractivity contribution in [3.05, 3.63) is 24.0 Å². The number of anilines is 1. The molecular weight excluding hydrogens is 201 g/mol. The molecule has 1 atom stereocenters. The average Bonchev–Trinajstić information content (AvgIpc) is 2.17. The lowest BCUT2D eigenvalue weighted by Crippen LogP contribution is -2.33. The molecule has 1 heterocycles. The van der Waals surface area contributed by atoms with E-state index in [9.17, 15) is 9.18 Å². The molecule has 1 aromatic carbocycles. The number of benzene rings is 1. The Hall–Kier alpha value is -1.78. The van der Waals surface area contributed by atoms with Gasteiger partial charge >= 0.3 is 5.97 Å². The molecule has 80 valence electrons. The summed E-state index contributed by atoms with van der Waals surface area (Å²) < 4.78 is 18.3. The molecule has 2 rings (SSSR count). The van der Waals surface area contributed by atoms with Gasteiger partial charge in [0.05, 0.1) is 18.2 Å². The number of nitrogens with one attached hydrogen (secondary N) is 1. The minimum Gasteiger partial charge on any atom is -0.486 e. The van der Waals surface area contributed by atoms with Gasteiger partial charge in [0.15, 0.2) is 11.6 Å². The third-order valence-electron chi connectivity index (χ3n) is 2.18. The predicted octanol–water partition coefficient (Wildman–Crippen LogP) is 1.47. The van der Waals surface area contributed by atoms with Crippen LogP contribution in [0.25, 0.3) is 0 Å². The van der Waals surface area contributed by atoms with Gasteiger partial charge < -0.3 is 15.2 Å². The van der Waals surface area contributed by atoms with E-state index >= 15 is 0 Å². The minimum atomic E-state index is -0.907. The van der Waals surface area contributed by atoms with Crippen LogP contribution in [0, 0.1) is 5.82 Å². The summed E-state index contributed by atoms with van der Waals surface area (Å²) in [7, 11) is 0. The molecule has 0 amide bonds. The van der Waals surface area contributed by atoms with Gasteiger partial charge in [-0.05, 0) is 12.1 Å². The number of fused-ring (bicyclic) bond motifs is 1. The van der Waals surface area contributed by atoms with Crippen molar-refractivity contribution in [2.24, 2.45) is 0 Å². The van der Waals surface area contributed by atoms with E-state index in [1.54, 1.807) is 12.1 Å². The van der Waals surface area contributed by atoms with Gasteiger partial charge in [-0.1, -0.05) is 6.07 Å². The number of hydrogen-bond acceptors (Lipinski definition) is 3. The molecular formula is C10H10FNO3. The van der Waals surface area contributed by atoms with E-state index in [1.165, 1.54) is 6.07 Å². The lowest BCUT2D eigenvalue weighted by Gasteiger charge is -2.26. The number of rotatable bonds is 2. The molecule has 1 unspecified atom stereocenters. The topological polar surface area (TPSA) is 58.6 Å². The number of aliphatic carboxylic acids is 1. The van der Waals surface area contributed by atoms with Gasteiger partial charge in [-0.2, -0.15) is 0 Å². The molecule has 15 heavy (non-hydrogen) atoms. The molecule has 5 heteroatoms. The number of para-hydroxylation sites is 1. The van der Waals surface area contributed by atoms with E-state index in [4.69, 9.17) is 9.84 Å². The SMILES string of the molecule is O=C(O)CC1COc2c(F)cccc2N1. The van der Waals surface area contributed by atoms with Gasteiger partial charge in [0.1, 0.15) is 6.61 Å². The molecule has 0 aliphatic carbocycles. The van der Waals surface area contributed by atoms with E-state index in [-0.39, 0.29) is 24.8 Å². The second kappa shape index (κ2) is 3.76. The first-order valence-corrected chi connectivity index (χ1v) is 4.56. The van der Waals surface area contributed by atoms with Crippen LogP contribution >= 0.6 is 0 Å². The summed E-state index contributed by atoms with van der Waals surface area (Å²) in [4.78, 5) is 10.5. The van der Waals surface area contributed by atoms with Crippen molar-refractivity contribution in [3.63, 3.8) is 0 Å². The molecule has 0 aromatic heterocycles. The zero-order valence-electron chi connectivity index (χ0n) is 7.87. The Kier molecular flexibility index (Phi) is 2.45. The summed E-state index contributed by atoms with van der Waals surface area (Å²) in [5, 5.41) is 11.5. The second-order valence-corrected chi connectivity index (χ2v) is 3.37. The van der Waals surface area contributed by atoms with E-state index in [0.29, 0.717) is 5.69 Å². The Bertz CT molecular complexity index is 394. The molecule has 1 aliphatic rings. The van der Waals surface area contributed by atoms with Crippen molar-refractivity contribution in [2.75, 3.05) is 11.9 Å². The molecule has 0 saturated carbocycles. The first-order valence-electron chi connectivity index (χ1n) is 4.56. The molecule has 0 saturated heterocycles. The first kappa shape index (κ1) is 9.76. The largest absolute Gasteiger partial charge is 0.486 e. The molecule has 1 aliphatic heterocycles. The van der Waals surface area contributed by atoms with Gasteiger partial charge in [0, 0.05) is 0 Å². The zero-order valence-corrected chi connectivity index (χ0v) is 7.87. The van der Waals surface area contributed by atoms with Gasteiger partial charge in [0.2, 0.25) is 0 Å².